The SMILES string of the molecule is Cc1ccc(-c2nn(-c3ccccc3)cc2C2CC(c3ccco3)=NN2S(C)(=O)=O)cc1. The van der Waals surface area contributed by atoms with Crippen molar-refractivity contribution in [3.8, 4) is 16.9 Å². The van der Waals surface area contributed by atoms with Gasteiger partial charge < -0.3 is 4.42 Å². The number of furan rings is 1. The highest BCUT2D eigenvalue weighted by molar-refractivity contribution is 7.88. The Hall–Kier alpha value is -3.65. The van der Waals surface area contributed by atoms with Crippen LogP contribution in [-0.4, -0.2) is 34.6 Å². The summed E-state index contributed by atoms with van der Waals surface area (Å²) in [6.45, 7) is 2.03. The Morgan fingerprint density at radius 2 is 1.75 bits per heavy atom. The summed E-state index contributed by atoms with van der Waals surface area (Å²) >= 11 is 0. The van der Waals surface area contributed by atoms with Gasteiger partial charge in [0.1, 0.15) is 11.5 Å². The van der Waals surface area contributed by atoms with Gasteiger partial charge >= 0.3 is 0 Å². The van der Waals surface area contributed by atoms with Crippen LogP contribution in [0.25, 0.3) is 16.9 Å². The Kier molecular flexibility index (Phi) is 4.94. The van der Waals surface area contributed by atoms with Crippen LogP contribution in [0.4, 0.5) is 0 Å². The first-order valence-electron chi connectivity index (χ1n) is 10.2. The quantitative estimate of drug-likeness (QED) is 0.450. The first-order chi connectivity index (χ1) is 15.4. The molecule has 2 aromatic heterocycles. The number of hydrogen-bond acceptors (Lipinski definition) is 5. The topological polar surface area (TPSA) is 80.7 Å². The minimum absolute atomic E-state index is 0.389. The zero-order valence-electron chi connectivity index (χ0n) is 17.7. The van der Waals surface area contributed by atoms with Gasteiger partial charge in [-0.05, 0) is 31.2 Å². The molecule has 32 heavy (non-hydrogen) atoms. The number of hydrogen-bond donors (Lipinski definition) is 0. The van der Waals surface area contributed by atoms with E-state index in [4.69, 9.17) is 9.52 Å². The summed E-state index contributed by atoms with van der Waals surface area (Å²) in [6, 6.07) is 20.8. The van der Waals surface area contributed by atoms with Crippen LogP contribution < -0.4 is 0 Å². The molecule has 1 atom stereocenters. The number of sulfonamides is 1. The Morgan fingerprint density at radius 3 is 2.41 bits per heavy atom. The molecular weight excluding hydrogens is 424 g/mol. The third-order valence-electron chi connectivity index (χ3n) is 5.47. The Bertz CT molecular complexity index is 1370. The smallest absolute Gasteiger partial charge is 0.247 e. The summed E-state index contributed by atoms with van der Waals surface area (Å²) in [5, 5.41) is 9.27. The number of para-hydroxylation sites is 1. The van der Waals surface area contributed by atoms with E-state index >= 15 is 0 Å². The number of rotatable bonds is 5. The zero-order valence-corrected chi connectivity index (χ0v) is 18.5. The van der Waals surface area contributed by atoms with Crippen molar-refractivity contribution in [1.29, 1.82) is 0 Å². The van der Waals surface area contributed by atoms with Crippen molar-refractivity contribution in [3.05, 3.63) is 96.1 Å². The fourth-order valence-corrected chi connectivity index (χ4v) is 4.79. The normalized spacial score (nSPS) is 16.4. The van der Waals surface area contributed by atoms with Crippen LogP contribution >= 0.6 is 0 Å². The molecule has 1 aliphatic heterocycles. The Balaban J connectivity index is 1.66. The molecule has 0 aliphatic carbocycles. The van der Waals surface area contributed by atoms with E-state index in [0.29, 0.717) is 17.9 Å². The highest BCUT2D eigenvalue weighted by Crippen LogP contribution is 2.39. The van der Waals surface area contributed by atoms with Gasteiger partial charge in [0.05, 0.1) is 29.9 Å². The van der Waals surface area contributed by atoms with Crippen molar-refractivity contribution in [3.63, 3.8) is 0 Å². The molecule has 8 heteroatoms. The van der Waals surface area contributed by atoms with Crippen LogP contribution in [0.15, 0.2) is 88.7 Å². The van der Waals surface area contributed by atoms with Gasteiger partial charge in [-0.15, -0.1) is 0 Å². The summed E-state index contributed by atoms with van der Waals surface area (Å²) in [5.41, 5.74) is 5.05. The average Bonchev–Trinajstić information content (AvgIpc) is 3.52. The average molecular weight is 447 g/mol. The van der Waals surface area contributed by atoms with Crippen molar-refractivity contribution in [2.45, 2.75) is 19.4 Å². The van der Waals surface area contributed by atoms with Gasteiger partial charge in [-0.2, -0.15) is 14.6 Å². The zero-order chi connectivity index (χ0) is 22.3. The molecule has 0 amide bonds. The third kappa shape index (κ3) is 3.73. The van der Waals surface area contributed by atoms with Crippen molar-refractivity contribution in [1.82, 2.24) is 14.2 Å². The molecule has 0 spiro atoms. The maximum atomic E-state index is 12.7. The molecule has 1 unspecified atom stereocenters. The highest BCUT2D eigenvalue weighted by Gasteiger charge is 2.38. The summed E-state index contributed by atoms with van der Waals surface area (Å²) in [4.78, 5) is 0. The van der Waals surface area contributed by atoms with Crippen molar-refractivity contribution in [2.75, 3.05) is 6.26 Å². The second-order valence-electron chi connectivity index (χ2n) is 7.86. The largest absolute Gasteiger partial charge is 0.463 e. The number of aromatic nitrogens is 2. The van der Waals surface area contributed by atoms with Crippen LogP contribution in [0, 0.1) is 6.92 Å². The van der Waals surface area contributed by atoms with E-state index in [1.165, 1.54) is 10.7 Å². The Morgan fingerprint density at radius 1 is 1.00 bits per heavy atom. The molecule has 0 saturated heterocycles. The second kappa shape index (κ2) is 7.80. The highest BCUT2D eigenvalue weighted by atomic mass is 32.2. The molecule has 1 aliphatic rings. The van der Waals surface area contributed by atoms with E-state index in [2.05, 4.69) is 5.10 Å². The molecule has 0 saturated carbocycles. The van der Waals surface area contributed by atoms with Crippen molar-refractivity contribution >= 4 is 15.7 Å². The molecule has 4 aromatic rings. The summed E-state index contributed by atoms with van der Waals surface area (Å²) < 4.78 is 33.8. The summed E-state index contributed by atoms with van der Waals surface area (Å²) in [5.74, 6) is 0.563. The molecular formula is C24H22N4O3S. The fraction of sp³-hybridized carbons (Fsp3) is 0.167. The van der Waals surface area contributed by atoms with Crippen molar-refractivity contribution in [2.24, 2.45) is 5.10 Å². The number of aryl methyl sites for hydroxylation is 1. The maximum absolute atomic E-state index is 12.7. The van der Waals surface area contributed by atoms with Crippen molar-refractivity contribution < 1.29 is 12.8 Å². The predicted octanol–water partition coefficient (Wildman–Crippen LogP) is 4.55. The molecule has 5 rings (SSSR count). The van der Waals surface area contributed by atoms with E-state index in [0.717, 1.165) is 28.1 Å². The first kappa shape index (κ1) is 20.3. The molecule has 162 valence electrons. The Labute approximate surface area is 186 Å². The van der Waals surface area contributed by atoms with E-state index in [1.807, 2.05) is 67.7 Å². The van der Waals surface area contributed by atoms with E-state index in [9.17, 15) is 8.42 Å². The lowest BCUT2D eigenvalue weighted by Gasteiger charge is -2.21. The maximum Gasteiger partial charge on any atom is 0.247 e. The molecule has 0 N–H and O–H groups in total. The van der Waals surface area contributed by atoms with E-state index < -0.39 is 16.1 Å². The molecule has 3 heterocycles. The van der Waals surface area contributed by atoms with E-state index in [-0.39, 0.29) is 0 Å². The van der Waals surface area contributed by atoms with Crippen LogP contribution in [0.5, 0.6) is 0 Å². The van der Waals surface area contributed by atoms with E-state index in [1.54, 1.807) is 23.1 Å². The molecule has 0 fully saturated rings. The van der Waals surface area contributed by atoms with Gasteiger partial charge in [0.15, 0.2) is 0 Å². The monoisotopic (exact) mass is 446 g/mol. The number of hydrazone groups is 1. The molecule has 2 aromatic carbocycles. The first-order valence-corrected chi connectivity index (χ1v) is 12.1. The van der Waals surface area contributed by atoms with Crippen LogP contribution in [-0.2, 0) is 10.0 Å². The van der Waals surface area contributed by atoms with Gasteiger partial charge in [-0.25, -0.2) is 13.1 Å². The van der Waals surface area contributed by atoms with Gasteiger partial charge in [0.25, 0.3) is 0 Å². The molecule has 7 nitrogen and oxygen atoms in total. The predicted molar refractivity (Wildman–Crippen MR) is 123 cm³/mol. The molecule has 0 radical (unpaired) electrons. The van der Waals surface area contributed by atoms with Crippen LogP contribution in [0.2, 0.25) is 0 Å². The number of nitrogens with zero attached hydrogens (tertiary/aromatic N) is 4. The third-order valence-corrected chi connectivity index (χ3v) is 6.48. The molecule has 0 bridgehead atoms. The van der Waals surface area contributed by atoms with Gasteiger partial charge in [0.2, 0.25) is 10.0 Å². The lowest BCUT2D eigenvalue weighted by Crippen LogP contribution is -2.26. The van der Waals surface area contributed by atoms with Gasteiger partial charge in [-0.3, -0.25) is 0 Å². The fourth-order valence-electron chi connectivity index (χ4n) is 3.90. The lowest BCUT2D eigenvalue weighted by atomic mass is 9.98. The standard InChI is InChI=1S/C24H22N4O3S/c1-17-10-12-18(13-11-17)24-20(16-27(26-24)19-7-4-3-5-8-19)22-15-21(23-9-6-14-31-23)25-28(22)32(2,29)30/h3-14,16,22H,15H2,1-2H3. The minimum atomic E-state index is -3.62. The second-order valence-corrected chi connectivity index (χ2v) is 9.70. The summed E-state index contributed by atoms with van der Waals surface area (Å²) in [7, 11) is -3.62. The van der Waals surface area contributed by atoms with Gasteiger partial charge in [0, 0.05) is 23.7 Å². The van der Waals surface area contributed by atoms with Crippen LogP contribution in [0.3, 0.4) is 0 Å². The number of benzene rings is 2. The van der Waals surface area contributed by atoms with Gasteiger partial charge in [-0.1, -0.05) is 48.0 Å². The lowest BCUT2D eigenvalue weighted by molar-refractivity contribution is 0.375. The van der Waals surface area contributed by atoms with Crippen LogP contribution in [0.1, 0.15) is 29.3 Å². The minimum Gasteiger partial charge on any atom is -0.463 e. The summed E-state index contributed by atoms with van der Waals surface area (Å²) in [6.07, 6.45) is 5.01.